The molecular formula is C21H18FN3O3. The van der Waals surface area contributed by atoms with E-state index in [1.807, 2.05) is 18.2 Å². The molecular weight excluding hydrogens is 361 g/mol. The number of amides is 2. The van der Waals surface area contributed by atoms with Crippen molar-refractivity contribution in [2.24, 2.45) is 0 Å². The van der Waals surface area contributed by atoms with Crippen LogP contribution < -0.4 is 10.6 Å². The van der Waals surface area contributed by atoms with Crippen molar-refractivity contribution >= 4 is 17.7 Å². The molecule has 1 aromatic heterocycles. The predicted octanol–water partition coefficient (Wildman–Crippen LogP) is 3.71. The molecule has 0 spiro atoms. The Balaban J connectivity index is 1.76. The third-order valence-electron chi connectivity index (χ3n) is 4.11. The number of pyridine rings is 1. The molecule has 6 nitrogen and oxygen atoms in total. The van der Waals surface area contributed by atoms with E-state index in [-0.39, 0.29) is 6.42 Å². The molecule has 0 aliphatic heterocycles. The summed E-state index contributed by atoms with van der Waals surface area (Å²) in [7, 11) is 0. The summed E-state index contributed by atoms with van der Waals surface area (Å²) >= 11 is 0. The van der Waals surface area contributed by atoms with Gasteiger partial charge >= 0.3 is 6.09 Å². The first kappa shape index (κ1) is 19.0. The van der Waals surface area contributed by atoms with Crippen LogP contribution in [0.25, 0.3) is 11.1 Å². The number of hydrogen-bond donors (Lipinski definition) is 3. The highest BCUT2D eigenvalue weighted by Gasteiger charge is 2.21. The van der Waals surface area contributed by atoms with Crippen LogP contribution in [0.2, 0.25) is 0 Å². The van der Waals surface area contributed by atoms with E-state index in [9.17, 15) is 14.0 Å². The Hall–Kier alpha value is -3.74. The lowest BCUT2D eigenvalue weighted by molar-refractivity contribution is -0.118. The fourth-order valence-electron chi connectivity index (χ4n) is 2.76. The van der Waals surface area contributed by atoms with E-state index in [0.717, 1.165) is 11.1 Å². The molecule has 0 aliphatic carbocycles. The third kappa shape index (κ3) is 5.14. The van der Waals surface area contributed by atoms with Crippen LogP contribution in [0.5, 0.6) is 0 Å². The summed E-state index contributed by atoms with van der Waals surface area (Å²) in [6.07, 6.45) is 2.14. The van der Waals surface area contributed by atoms with E-state index in [1.165, 1.54) is 24.3 Å². The Morgan fingerprint density at radius 3 is 2.39 bits per heavy atom. The second-order valence-electron chi connectivity index (χ2n) is 6.14. The molecule has 7 heteroatoms. The summed E-state index contributed by atoms with van der Waals surface area (Å²) < 4.78 is 13.1. The smallest absolute Gasteiger partial charge is 0.405 e. The standard InChI is InChI=1S/C21H18FN3O3/c22-17-6-4-14(5-7-17)12-19(25-21(27)28)20(26)24-18-3-1-2-16(13-18)15-8-10-23-11-9-15/h1-11,13,19,25H,12H2,(H,24,26)(H,27,28). The van der Waals surface area contributed by atoms with Gasteiger partial charge in [0.2, 0.25) is 5.91 Å². The lowest BCUT2D eigenvalue weighted by Gasteiger charge is -2.17. The normalized spacial score (nSPS) is 11.5. The summed E-state index contributed by atoms with van der Waals surface area (Å²) in [4.78, 5) is 27.7. The first-order valence-electron chi connectivity index (χ1n) is 8.56. The number of halogens is 1. The summed E-state index contributed by atoms with van der Waals surface area (Å²) in [5, 5.41) is 14.0. The SMILES string of the molecule is O=C(O)NC(Cc1ccc(F)cc1)C(=O)Nc1cccc(-c2ccncc2)c1. The van der Waals surface area contributed by atoms with Gasteiger partial charge in [-0.15, -0.1) is 0 Å². The molecule has 3 rings (SSSR count). The maximum Gasteiger partial charge on any atom is 0.405 e. The van der Waals surface area contributed by atoms with Gasteiger partial charge in [-0.05, 0) is 53.1 Å². The number of anilines is 1. The van der Waals surface area contributed by atoms with Crippen molar-refractivity contribution in [1.82, 2.24) is 10.3 Å². The molecule has 28 heavy (non-hydrogen) atoms. The number of benzene rings is 2. The number of hydrogen-bond acceptors (Lipinski definition) is 3. The van der Waals surface area contributed by atoms with E-state index < -0.39 is 23.9 Å². The largest absolute Gasteiger partial charge is 0.465 e. The minimum Gasteiger partial charge on any atom is -0.465 e. The van der Waals surface area contributed by atoms with Crippen molar-refractivity contribution in [1.29, 1.82) is 0 Å². The Morgan fingerprint density at radius 2 is 1.71 bits per heavy atom. The van der Waals surface area contributed by atoms with Crippen LogP contribution >= 0.6 is 0 Å². The number of carboxylic acid groups (broad SMARTS) is 1. The zero-order valence-electron chi connectivity index (χ0n) is 14.8. The number of rotatable bonds is 6. The van der Waals surface area contributed by atoms with Crippen molar-refractivity contribution in [2.75, 3.05) is 5.32 Å². The molecule has 0 aliphatic rings. The van der Waals surface area contributed by atoms with E-state index in [2.05, 4.69) is 15.6 Å². The van der Waals surface area contributed by atoms with Crippen LogP contribution in [0.4, 0.5) is 14.9 Å². The molecule has 0 bridgehead atoms. The van der Waals surface area contributed by atoms with Crippen molar-refractivity contribution < 1.29 is 19.1 Å². The van der Waals surface area contributed by atoms with Crippen LogP contribution in [0.1, 0.15) is 5.56 Å². The molecule has 142 valence electrons. The van der Waals surface area contributed by atoms with E-state index in [1.54, 1.807) is 30.6 Å². The molecule has 0 saturated carbocycles. The van der Waals surface area contributed by atoms with Gasteiger partial charge in [0.25, 0.3) is 0 Å². The quantitative estimate of drug-likeness (QED) is 0.609. The number of nitrogens with one attached hydrogen (secondary N) is 2. The number of aromatic nitrogens is 1. The van der Waals surface area contributed by atoms with Crippen molar-refractivity contribution in [3.8, 4) is 11.1 Å². The predicted molar refractivity (Wildman–Crippen MR) is 103 cm³/mol. The van der Waals surface area contributed by atoms with Crippen LogP contribution in [-0.2, 0) is 11.2 Å². The number of nitrogens with zero attached hydrogens (tertiary/aromatic N) is 1. The zero-order chi connectivity index (χ0) is 19.9. The minimum absolute atomic E-state index is 0.0997. The second-order valence-corrected chi connectivity index (χ2v) is 6.14. The fraction of sp³-hybridized carbons (Fsp3) is 0.0952. The van der Waals surface area contributed by atoms with Gasteiger partial charge < -0.3 is 15.7 Å². The van der Waals surface area contributed by atoms with Crippen molar-refractivity contribution in [3.05, 3.63) is 84.4 Å². The molecule has 1 heterocycles. The van der Waals surface area contributed by atoms with Gasteiger partial charge in [-0.2, -0.15) is 0 Å². The fourth-order valence-corrected chi connectivity index (χ4v) is 2.76. The van der Waals surface area contributed by atoms with E-state index in [0.29, 0.717) is 11.3 Å². The minimum atomic E-state index is -1.31. The van der Waals surface area contributed by atoms with E-state index >= 15 is 0 Å². The highest BCUT2D eigenvalue weighted by atomic mass is 19.1. The molecule has 0 fully saturated rings. The summed E-state index contributed by atoms with van der Waals surface area (Å²) in [6, 6.07) is 15.5. The molecule has 3 N–H and O–H groups in total. The molecule has 0 radical (unpaired) electrons. The molecule has 3 aromatic rings. The van der Waals surface area contributed by atoms with Gasteiger partial charge in [0.15, 0.2) is 0 Å². The van der Waals surface area contributed by atoms with Crippen molar-refractivity contribution in [2.45, 2.75) is 12.5 Å². The summed E-state index contributed by atoms with van der Waals surface area (Å²) in [5.41, 5.74) is 3.01. The number of carbonyl (C=O) groups is 2. The summed E-state index contributed by atoms with van der Waals surface area (Å²) in [5.74, 6) is -0.900. The third-order valence-corrected chi connectivity index (χ3v) is 4.11. The lowest BCUT2D eigenvalue weighted by Crippen LogP contribution is -2.44. The zero-order valence-corrected chi connectivity index (χ0v) is 14.8. The van der Waals surface area contributed by atoms with Gasteiger partial charge in [0.1, 0.15) is 11.9 Å². The molecule has 2 aromatic carbocycles. The van der Waals surface area contributed by atoms with E-state index in [4.69, 9.17) is 5.11 Å². The van der Waals surface area contributed by atoms with Gasteiger partial charge in [0.05, 0.1) is 0 Å². The highest BCUT2D eigenvalue weighted by molar-refractivity contribution is 5.97. The highest BCUT2D eigenvalue weighted by Crippen LogP contribution is 2.22. The topological polar surface area (TPSA) is 91.3 Å². The Morgan fingerprint density at radius 1 is 1.00 bits per heavy atom. The van der Waals surface area contributed by atoms with Gasteiger partial charge in [-0.1, -0.05) is 24.3 Å². The van der Waals surface area contributed by atoms with Crippen LogP contribution in [0.15, 0.2) is 73.1 Å². The Labute approximate surface area is 161 Å². The first-order valence-corrected chi connectivity index (χ1v) is 8.56. The van der Waals surface area contributed by atoms with Crippen molar-refractivity contribution in [3.63, 3.8) is 0 Å². The Kier molecular flexibility index (Phi) is 5.96. The maximum absolute atomic E-state index is 13.1. The van der Waals surface area contributed by atoms with Gasteiger partial charge in [-0.25, -0.2) is 9.18 Å². The second kappa shape index (κ2) is 8.77. The average Bonchev–Trinajstić information content (AvgIpc) is 2.69. The summed E-state index contributed by atoms with van der Waals surface area (Å²) in [6.45, 7) is 0. The Bertz CT molecular complexity index is 962. The van der Waals surface area contributed by atoms with Crippen LogP contribution in [0, 0.1) is 5.82 Å². The maximum atomic E-state index is 13.1. The molecule has 1 atom stereocenters. The van der Waals surface area contributed by atoms with Crippen LogP contribution in [-0.4, -0.2) is 28.1 Å². The van der Waals surface area contributed by atoms with Gasteiger partial charge in [-0.3, -0.25) is 9.78 Å². The lowest BCUT2D eigenvalue weighted by atomic mass is 10.0. The molecule has 1 unspecified atom stereocenters. The van der Waals surface area contributed by atoms with Crippen LogP contribution in [0.3, 0.4) is 0 Å². The van der Waals surface area contributed by atoms with Gasteiger partial charge in [0, 0.05) is 24.5 Å². The molecule has 2 amide bonds. The molecule has 0 saturated heterocycles. The number of carbonyl (C=O) groups excluding carboxylic acids is 1. The monoisotopic (exact) mass is 379 g/mol. The average molecular weight is 379 g/mol. The first-order chi connectivity index (χ1) is 13.5.